The van der Waals surface area contributed by atoms with Gasteiger partial charge in [0.1, 0.15) is 5.75 Å². The third kappa shape index (κ3) is 5.80. The molecular formula is C32H37N3O4S. The highest BCUT2D eigenvalue weighted by Crippen LogP contribution is 2.35. The molecule has 0 aliphatic carbocycles. The van der Waals surface area contributed by atoms with E-state index in [-0.39, 0.29) is 0 Å². The maximum absolute atomic E-state index is 13.2. The highest BCUT2D eigenvalue weighted by molar-refractivity contribution is 7.89. The summed E-state index contributed by atoms with van der Waals surface area (Å²) in [5, 5.41) is 15.4. The van der Waals surface area contributed by atoms with Crippen LogP contribution in [0.15, 0.2) is 83.8 Å². The Morgan fingerprint density at radius 2 is 1.73 bits per heavy atom. The van der Waals surface area contributed by atoms with Gasteiger partial charge in [-0.3, -0.25) is 0 Å². The summed E-state index contributed by atoms with van der Waals surface area (Å²) >= 11 is 0. The summed E-state index contributed by atoms with van der Waals surface area (Å²) in [6.45, 7) is 8.22. The van der Waals surface area contributed by atoms with Crippen molar-refractivity contribution in [2.75, 3.05) is 31.6 Å². The lowest BCUT2D eigenvalue weighted by molar-refractivity contribution is 0.167. The van der Waals surface area contributed by atoms with E-state index in [4.69, 9.17) is 4.74 Å². The van der Waals surface area contributed by atoms with Gasteiger partial charge in [-0.1, -0.05) is 42.0 Å². The van der Waals surface area contributed by atoms with Crippen LogP contribution in [0.3, 0.4) is 0 Å². The summed E-state index contributed by atoms with van der Waals surface area (Å²) in [6.07, 6.45) is 2.06. The summed E-state index contributed by atoms with van der Waals surface area (Å²) in [4.78, 5) is 0.329. The molecule has 2 N–H and O–H groups in total. The molecular weight excluding hydrogens is 522 g/mol. The van der Waals surface area contributed by atoms with Gasteiger partial charge in [0.2, 0.25) is 10.0 Å². The number of aliphatic hydroxyl groups excluding tert-OH is 1. The van der Waals surface area contributed by atoms with E-state index in [1.54, 1.807) is 16.4 Å². The summed E-state index contributed by atoms with van der Waals surface area (Å²) in [5.74, 6) is 0.823. The first-order chi connectivity index (χ1) is 19.3. The van der Waals surface area contributed by atoms with Crippen molar-refractivity contribution < 1.29 is 18.3 Å². The molecule has 7 nitrogen and oxygen atoms in total. The van der Waals surface area contributed by atoms with Crippen LogP contribution in [-0.4, -0.2) is 54.7 Å². The van der Waals surface area contributed by atoms with E-state index in [0.29, 0.717) is 44.1 Å². The number of anilines is 1. The first-order valence-electron chi connectivity index (χ1n) is 13.8. The van der Waals surface area contributed by atoms with E-state index in [9.17, 15) is 13.5 Å². The molecule has 2 heterocycles. The molecule has 1 aromatic heterocycles. The predicted octanol–water partition coefficient (Wildman–Crippen LogP) is 5.61. The van der Waals surface area contributed by atoms with Crippen molar-refractivity contribution in [2.45, 2.75) is 44.7 Å². The number of nitrogens with one attached hydrogen (secondary N) is 1. The van der Waals surface area contributed by atoms with E-state index in [1.807, 2.05) is 68.5 Å². The lowest BCUT2D eigenvalue weighted by atomic mass is 9.97. The van der Waals surface area contributed by atoms with Gasteiger partial charge < -0.3 is 19.7 Å². The van der Waals surface area contributed by atoms with Crippen molar-refractivity contribution in [3.63, 3.8) is 0 Å². The molecule has 0 spiro atoms. The zero-order valence-electron chi connectivity index (χ0n) is 23.3. The minimum Gasteiger partial charge on any atom is -0.494 e. The van der Waals surface area contributed by atoms with Crippen LogP contribution in [0.2, 0.25) is 0 Å². The number of benzene rings is 3. The van der Waals surface area contributed by atoms with Crippen LogP contribution < -0.4 is 10.1 Å². The van der Waals surface area contributed by atoms with E-state index >= 15 is 0 Å². The molecule has 8 heteroatoms. The molecule has 1 unspecified atom stereocenters. The Kier molecular flexibility index (Phi) is 8.30. The Morgan fingerprint density at radius 3 is 2.40 bits per heavy atom. The zero-order valence-corrected chi connectivity index (χ0v) is 24.1. The number of nitrogens with zero attached hydrogens (tertiary/aromatic N) is 2. The average Bonchev–Trinajstić information content (AvgIpc) is 3.24. The van der Waals surface area contributed by atoms with Gasteiger partial charge in [0.25, 0.3) is 0 Å². The number of aryl methyl sites for hydroxylation is 1. The Balaban J connectivity index is 1.33. The molecule has 1 aliphatic rings. The van der Waals surface area contributed by atoms with Crippen molar-refractivity contribution in [3.8, 4) is 5.75 Å². The fraction of sp³-hybridized carbons (Fsp3) is 0.312. The predicted molar refractivity (Wildman–Crippen MR) is 161 cm³/mol. The molecule has 1 atom stereocenters. The lowest BCUT2D eigenvalue weighted by Gasteiger charge is -2.26. The van der Waals surface area contributed by atoms with Crippen LogP contribution >= 0.6 is 0 Å². The van der Waals surface area contributed by atoms with Gasteiger partial charge in [0.05, 0.1) is 24.2 Å². The number of hydrogen-bond donors (Lipinski definition) is 2. The second-order valence-corrected chi connectivity index (χ2v) is 12.2. The van der Waals surface area contributed by atoms with Crippen molar-refractivity contribution >= 4 is 32.2 Å². The Bertz CT molecular complexity index is 1610. The fourth-order valence-corrected chi connectivity index (χ4v) is 6.75. The minimum atomic E-state index is -3.55. The van der Waals surface area contributed by atoms with Gasteiger partial charge in [-0.25, -0.2) is 8.42 Å². The van der Waals surface area contributed by atoms with Gasteiger partial charge in [-0.2, -0.15) is 4.31 Å². The summed E-state index contributed by atoms with van der Waals surface area (Å²) in [6, 6.07) is 23.0. The molecule has 0 radical (unpaired) electrons. The van der Waals surface area contributed by atoms with Crippen LogP contribution in [0.25, 0.3) is 16.5 Å². The van der Waals surface area contributed by atoms with Crippen LogP contribution in [0.4, 0.5) is 5.69 Å². The Hall–Kier alpha value is -3.59. The average molecular weight is 560 g/mol. The largest absolute Gasteiger partial charge is 0.494 e. The molecule has 210 valence electrons. The molecule has 1 aliphatic heterocycles. The van der Waals surface area contributed by atoms with Crippen molar-refractivity contribution in [2.24, 2.45) is 0 Å². The first-order valence-corrected chi connectivity index (χ1v) is 15.2. The third-order valence-electron chi connectivity index (χ3n) is 7.48. The number of aliphatic hydroxyl groups is 1. The second kappa shape index (κ2) is 11.9. The van der Waals surface area contributed by atoms with E-state index in [2.05, 4.69) is 28.9 Å². The standard InChI is InChI=1S/C32H37N3O4S/c1-4-39-28-13-11-26(12-14-28)33-21-27(36)22-35-24(3)32(30-7-5-6-8-31(30)35)25-17-19-34(20-18-25)40(37,38)29-15-9-23(2)10-16-29/h5-17,27,33,36H,4,18-22H2,1-3H3. The summed E-state index contributed by atoms with van der Waals surface area (Å²) < 4.78 is 35.6. The SMILES string of the molecule is CCOc1ccc(NCC(O)Cn2c(C)c(C3=CCN(S(=O)(=O)c4ccc(C)cc4)CC3)c3ccccc32)cc1. The topological polar surface area (TPSA) is 83.8 Å². The van der Waals surface area contributed by atoms with Gasteiger partial charge in [0.15, 0.2) is 0 Å². The van der Waals surface area contributed by atoms with E-state index in [1.165, 1.54) is 0 Å². The number of hydrogen-bond acceptors (Lipinski definition) is 5. The van der Waals surface area contributed by atoms with E-state index in [0.717, 1.165) is 44.7 Å². The molecule has 0 bridgehead atoms. The highest BCUT2D eigenvalue weighted by Gasteiger charge is 2.28. The normalized spacial score (nSPS) is 15.2. The van der Waals surface area contributed by atoms with Crippen LogP contribution in [0.1, 0.15) is 30.2 Å². The summed E-state index contributed by atoms with van der Waals surface area (Å²) in [7, 11) is -3.55. The molecule has 3 aromatic carbocycles. The maximum atomic E-state index is 13.2. The molecule has 4 aromatic rings. The maximum Gasteiger partial charge on any atom is 0.243 e. The first kappa shape index (κ1) is 28.0. The van der Waals surface area contributed by atoms with Crippen LogP contribution in [-0.2, 0) is 16.6 Å². The molecule has 0 saturated heterocycles. The van der Waals surface area contributed by atoms with Crippen molar-refractivity contribution in [3.05, 3.63) is 95.7 Å². The van der Waals surface area contributed by atoms with Gasteiger partial charge in [-0.05, 0) is 75.2 Å². The highest BCUT2D eigenvalue weighted by atomic mass is 32.2. The van der Waals surface area contributed by atoms with E-state index < -0.39 is 16.1 Å². The smallest absolute Gasteiger partial charge is 0.243 e. The quantitative estimate of drug-likeness (QED) is 0.264. The number of ether oxygens (including phenoxy) is 1. The fourth-order valence-electron chi connectivity index (χ4n) is 5.37. The number of fused-ring (bicyclic) bond motifs is 1. The van der Waals surface area contributed by atoms with Crippen LogP contribution in [0.5, 0.6) is 5.75 Å². The van der Waals surface area contributed by atoms with Gasteiger partial charge >= 0.3 is 0 Å². The summed E-state index contributed by atoms with van der Waals surface area (Å²) in [5.41, 5.74) is 6.37. The van der Waals surface area contributed by atoms with Gasteiger partial charge in [-0.15, -0.1) is 0 Å². The van der Waals surface area contributed by atoms with Crippen molar-refractivity contribution in [1.82, 2.24) is 8.87 Å². The minimum absolute atomic E-state index is 0.329. The number of para-hydroxylation sites is 1. The third-order valence-corrected chi connectivity index (χ3v) is 9.36. The Morgan fingerprint density at radius 1 is 1.00 bits per heavy atom. The molecule has 5 rings (SSSR count). The monoisotopic (exact) mass is 559 g/mol. The number of sulfonamides is 1. The molecule has 0 saturated carbocycles. The lowest BCUT2D eigenvalue weighted by Crippen LogP contribution is -2.34. The van der Waals surface area contributed by atoms with Crippen LogP contribution in [0, 0.1) is 13.8 Å². The molecule has 0 amide bonds. The number of rotatable bonds is 10. The Labute approximate surface area is 236 Å². The second-order valence-electron chi connectivity index (χ2n) is 10.2. The van der Waals surface area contributed by atoms with Gasteiger partial charge in [0, 0.05) is 47.5 Å². The molecule has 40 heavy (non-hydrogen) atoms. The van der Waals surface area contributed by atoms with Crippen molar-refractivity contribution in [1.29, 1.82) is 0 Å². The zero-order chi connectivity index (χ0) is 28.3. The number of aromatic nitrogens is 1. The molecule has 0 fully saturated rings.